The second-order valence-corrected chi connectivity index (χ2v) is 4.88. The molecule has 3 heteroatoms. The molecule has 1 N–H and O–H groups in total. The van der Waals surface area contributed by atoms with Gasteiger partial charge in [0.25, 0.3) is 0 Å². The molecule has 17 heavy (non-hydrogen) atoms. The summed E-state index contributed by atoms with van der Waals surface area (Å²) in [6.45, 7) is 6.26. The lowest BCUT2D eigenvalue weighted by Crippen LogP contribution is -2.30. The van der Waals surface area contributed by atoms with Crippen molar-refractivity contribution in [1.29, 1.82) is 0 Å². The highest BCUT2D eigenvalue weighted by Gasteiger charge is 2.33. The highest BCUT2D eigenvalue weighted by Crippen LogP contribution is 2.23. The number of aliphatic imine (C=N–C) groups is 1. The number of nitrogens with zero attached hydrogens (tertiary/aromatic N) is 1. The molecule has 1 aromatic rings. The van der Waals surface area contributed by atoms with Crippen molar-refractivity contribution >= 4 is 5.90 Å². The molecular formula is C14H19NO2. The van der Waals surface area contributed by atoms with Crippen molar-refractivity contribution in [3.63, 3.8) is 0 Å². The van der Waals surface area contributed by atoms with Gasteiger partial charge in [0.1, 0.15) is 12.1 Å². The Morgan fingerprint density at radius 3 is 2.41 bits per heavy atom. The van der Waals surface area contributed by atoms with Crippen LogP contribution in [-0.4, -0.2) is 29.8 Å². The fraction of sp³-hybridized carbons (Fsp3) is 0.500. The van der Waals surface area contributed by atoms with Crippen molar-refractivity contribution < 1.29 is 9.84 Å². The zero-order chi connectivity index (χ0) is 12.4. The standard InChI is InChI=1S/C14H19NO2/c1-9(2)13-12(8-16)15-14(17-13)11-6-4-10(3)5-7-11/h4-7,9,12-13,16H,8H2,1-3H3. The van der Waals surface area contributed by atoms with Crippen LogP contribution in [0.3, 0.4) is 0 Å². The van der Waals surface area contributed by atoms with Gasteiger partial charge in [-0.25, -0.2) is 4.99 Å². The summed E-state index contributed by atoms with van der Waals surface area (Å²) < 4.78 is 5.84. The van der Waals surface area contributed by atoms with E-state index in [4.69, 9.17) is 4.74 Å². The number of benzene rings is 1. The summed E-state index contributed by atoms with van der Waals surface area (Å²) >= 11 is 0. The normalized spacial score (nSPS) is 23.7. The number of aliphatic hydroxyl groups is 1. The van der Waals surface area contributed by atoms with Crippen LogP contribution in [0.5, 0.6) is 0 Å². The molecule has 0 fully saturated rings. The first-order valence-corrected chi connectivity index (χ1v) is 6.04. The van der Waals surface area contributed by atoms with Crippen LogP contribution >= 0.6 is 0 Å². The van der Waals surface area contributed by atoms with Crippen LogP contribution in [0.4, 0.5) is 0 Å². The second kappa shape index (κ2) is 4.88. The van der Waals surface area contributed by atoms with Gasteiger partial charge in [-0.1, -0.05) is 31.5 Å². The number of aryl methyl sites for hydroxylation is 1. The Balaban J connectivity index is 2.21. The topological polar surface area (TPSA) is 41.8 Å². The number of hydrogen-bond donors (Lipinski definition) is 1. The van der Waals surface area contributed by atoms with Crippen molar-refractivity contribution in [1.82, 2.24) is 0 Å². The Bertz CT molecular complexity index is 409. The van der Waals surface area contributed by atoms with E-state index in [1.807, 2.05) is 24.3 Å². The highest BCUT2D eigenvalue weighted by molar-refractivity contribution is 5.95. The minimum atomic E-state index is -0.133. The summed E-state index contributed by atoms with van der Waals surface area (Å²) in [5, 5.41) is 9.31. The third-order valence-electron chi connectivity index (χ3n) is 3.05. The van der Waals surface area contributed by atoms with E-state index in [0.29, 0.717) is 11.8 Å². The van der Waals surface area contributed by atoms with Gasteiger partial charge < -0.3 is 9.84 Å². The van der Waals surface area contributed by atoms with Gasteiger partial charge in [0.2, 0.25) is 5.90 Å². The van der Waals surface area contributed by atoms with Gasteiger partial charge in [-0.3, -0.25) is 0 Å². The summed E-state index contributed by atoms with van der Waals surface area (Å²) in [5.74, 6) is 1.00. The molecule has 3 nitrogen and oxygen atoms in total. The third kappa shape index (κ3) is 2.50. The van der Waals surface area contributed by atoms with E-state index in [9.17, 15) is 5.11 Å². The minimum absolute atomic E-state index is 0.0173. The number of hydrogen-bond acceptors (Lipinski definition) is 3. The summed E-state index contributed by atoms with van der Waals surface area (Å²) in [4.78, 5) is 4.45. The molecule has 2 unspecified atom stereocenters. The lowest BCUT2D eigenvalue weighted by atomic mass is 10.0. The average Bonchev–Trinajstić information content (AvgIpc) is 2.74. The largest absolute Gasteiger partial charge is 0.472 e. The lowest BCUT2D eigenvalue weighted by Gasteiger charge is -2.19. The molecule has 0 saturated heterocycles. The third-order valence-corrected chi connectivity index (χ3v) is 3.05. The molecule has 1 heterocycles. The van der Waals surface area contributed by atoms with Gasteiger partial charge in [0.05, 0.1) is 6.61 Å². The molecule has 92 valence electrons. The molecule has 0 aliphatic carbocycles. The maximum atomic E-state index is 9.31. The van der Waals surface area contributed by atoms with E-state index in [1.54, 1.807) is 0 Å². The fourth-order valence-electron chi connectivity index (χ4n) is 2.03. The van der Waals surface area contributed by atoms with Gasteiger partial charge in [0, 0.05) is 5.56 Å². The summed E-state index contributed by atoms with van der Waals surface area (Å²) in [6, 6.07) is 7.96. The molecule has 2 rings (SSSR count). The van der Waals surface area contributed by atoms with Crippen LogP contribution in [-0.2, 0) is 4.74 Å². The molecule has 0 saturated carbocycles. The average molecular weight is 233 g/mol. The van der Waals surface area contributed by atoms with Gasteiger partial charge in [-0.15, -0.1) is 0 Å². The molecule has 2 atom stereocenters. The number of aliphatic hydroxyl groups excluding tert-OH is 1. The first-order valence-electron chi connectivity index (χ1n) is 6.04. The predicted molar refractivity (Wildman–Crippen MR) is 68.3 cm³/mol. The van der Waals surface area contributed by atoms with E-state index in [2.05, 4.69) is 25.8 Å². The van der Waals surface area contributed by atoms with Gasteiger partial charge in [0.15, 0.2) is 0 Å². The molecule has 0 spiro atoms. The Labute approximate surface area is 102 Å². The van der Waals surface area contributed by atoms with E-state index < -0.39 is 0 Å². The Hall–Kier alpha value is -1.35. The first-order chi connectivity index (χ1) is 8.11. The van der Waals surface area contributed by atoms with Gasteiger partial charge in [-0.2, -0.15) is 0 Å². The summed E-state index contributed by atoms with van der Waals surface area (Å²) in [5.41, 5.74) is 2.20. The van der Waals surface area contributed by atoms with Crippen molar-refractivity contribution in [2.45, 2.75) is 32.9 Å². The Kier molecular flexibility index (Phi) is 3.48. The summed E-state index contributed by atoms with van der Waals surface area (Å²) in [7, 11) is 0. The van der Waals surface area contributed by atoms with Crippen LogP contribution < -0.4 is 0 Å². The van der Waals surface area contributed by atoms with E-state index in [-0.39, 0.29) is 18.8 Å². The van der Waals surface area contributed by atoms with Crippen LogP contribution in [0, 0.1) is 12.8 Å². The molecule has 0 amide bonds. The molecule has 1 aliphatic rings. The quantitative estimate of drug-likeness (QED) is 0.869. The van der Waals surface area contributed by atoms with Crippen LogP contribution in [0.2, 0.25) is 0 Å². The second-order valence-electron chi connectivity index (χ2n) is 4.88. The molecule has 0 radical (unpaired) electrons. The maximum absolute atomic E-state index is 9.31. The fourth-order valence-corrected chi connectivity index (χ4v) is 2.03. The van der Waals surface area contributed by atoms with Crippen LogP contribution in [0.25, 0.3) is 0 Å². The van der Waals surface area contributed by atoms with E-state index >= 15 is 0 Å². The maximum Gasteiger partial charge on any atom is 0.216 e. The molecule has 1 aliphatic heterocycles. The molecule has 0 bridgehead atoms. The van der Waals surface area contributed by atoms with Gasteiger partial charge >= 0.3 is 0 Å². The first kappa shape index (κ1) is 12.1. The van der Waals surface area contributed by atoms with Crippen molar-refractivity contribution in [3.05, 3.63) is 35.4 Å². The highest BCUT2D eigenvalue weighted by atomic mass is 16.5. The van der Waals surface area contributed by atoms with E-state index in [0.717, 1.165) is 5.56 Å². The van der Waals surface area contributed by atoms with Crippen LogP contribution in [0.15, 0.2) is 29.3 Å². The molecular weight excluding hydrogens is 214 g/mol. The Morgan fingerprint density at radius 2 is 1.94 bits per heavy atom. The minimum Gasteiger partial charge on any atom is -0.472 e. The van der Waals surface area contributed by atoms with E-state index in [1.165, 1.54) is 5.56 Å². The lowest BCUT2D eigenvalue weighted by molar-refractivity contribution is 0.111. The summed E-state index contributed by atoms with van der Waals surface area (Å²) in [6.07, 6.45) is -0.0173. The van der Waals surface area contributed by atoms with Gasteiger partial charge in [-0.05, 0) is 25.0 Å². The van der Waals surface area contributed by atoms with Crippen molar-refractivity contribution in [3.8, 4) is 0 Å². The number of rotatable bonds is 3. The van der Waals surface area contributed by atoms with Crippen molar-refractivity contribution in [2.24, 2.45) is 10.9 Å². The zero-order valence-electron chi connectivity index (χ0n) is 10.6. The monoisotopic (exact) mass is 233 g/mol. The van der Waals surface area contributed by atoms with Crippen molar-refractivity contribution in [2.75, 3.05) is 6.61 Å². The number of ether oxygens (including phenoxy) is 1. The smallest absolute Gasteiger partial charge is 0.216 e. The predicted octanol–water partition coefficient (Wildman–Crippen LogP) is 2.16. The zero-order valence-corrected chi connectivity index (χ0v) is 10.6. The Morgan fingerprint density at radius 1 is 1.29 bits per heavy atom. The molecule has 0 aromatic heterocycles. The SMILES string of the molecule is Cc1ccc(C2=NC(CO)C(C(C)C)O2)cc1. The van der Waals surface area contributed by atoms with Crippen LogP contribution in [0.1, 0.15) is 25.0 Å². The molecule has 1 aromatic carbocycles.